The molecule has 2 aromatic carbocycles. The molecule has 2 atom stereocenters. The molecule has 0 bridgehead atoms. The third-order valence-corrected chi connectivity index (χ3v) is 9.83. The number of carbonyl (C=O) groups is 2. The minimum absolute atomic E-state index is 0.0917. The minimum Gasteiger partial charge on any atom is -0.278 e. The smallest absolute Gasteiger partial charge is 0.278 e. The third kappa shape index (κ3) is 4.37. The molecule has 1 N–H and O–H groups in total. The number of hydrogen-bond acceptors (Lipinski definition) is 7. The first-order valence-corrected chi connectivity index (χ1v) is 14.8. The molecule has 1 aliphatic carbocycles. The first-order chi connectivity index (χ1) is 18.6. The molecule has 16 heteroatoms. The highest BCUT2D eigenvalue weighted by atomic mass is 35.5. The summed E-state index contributed by atoms with van der Waals surface area (Å²) in [7, 11) is -9.71. The lowest BCUT2D eigenvalue weighted by atomic mass is 10.1. The molecule has 40 heavy (non-hydrogen) atoms. The van der Waals surface area contributed by atoms with Crippen molar-refractivity contribution in [2.45, 2.75) is 34.2 Å². The van der Waals surface area contributed by atoms with Crippen LogP contribution in [0.25, 0.3) is 0 Å². The summed E-state index contributed by atoms with van der Waals surface area (Å²) in [6, 6.07) is 10.4. The fraction of sp³-hybridized carbons (Fsp3) is 0.208. The van der Waals surface area contributed by atoms with Crippen LogP contribution in [0.5, 0.6) is 0 Å². The van der Waals surface area contributed by atoms with E-state index >= 15 is 0 Å². The molecule has 1 aromatic heterocycles. The van der Waals surface area contributed by atoms with Gasteiger partial charge >= 0.3 is 11.5 Å². The number of carbonyl (C=O) groups excluding carboxylic acids is 2. The Labute approximate surface area is 231 Å². The average Bonchev–Trinajstić information content (AvgIpc) is 3.49. The van der Waals surface area contributed by atoms with E-state index in [0.29, 0.717) is 17.2 Å². The van der Waals surface area contributed by atoms with Gasteiger partial charge in [-0.1, -0.05) is 18.5 Å². The third-order valence-electron chi connectivity index (χ3n) is 6.70. The maximum atomic E-state index is 13.6. The van der Waals surface area contributed by atoms with Crippen molar-refractivity contribution in [3.63, 3.8) is 0 Å². The molecule has 2 unspecified atom stereocenters. The molecule has 2 aliphatic rings. The molecule has 1 aliphatic heterocycles. The number of imide groups is 1. The molecule has 3 aromatic rings. The Balaban J connectivity index is 1.47. The van der Waals surface area contributed by atoms with Crippen LogP contribution in [0.2, 0.25) is 5.02 Å². The van der Waals surface area contributed by atoms with Gasteiger partial charge in [0.1, 0.15) is 11.4 Å². The van der Waals surface area contributed by atoms with Crippen LogP contribution in [0.4, 0.5) is 35.2 Å². The Morgan fingerprint density at radius 2 is 1.52 bits per heavy atom. The number of halogens is 4. The van der Waals surface area contributed by atoms with Crippen molar-refractivity contribution in [1.82, 2.24) is 4.98 Å². The number of nitrogens with one attached hydrogen (secondary N) is 1. The van der Waals surface area contributed by atoms with Crippen LogP contribution in [0.1, 0.15) is 13.3 Å². The van der Waals surface area contributed by atoms with Crippen LogP contribution >= 0.6 is 11.6 Å². The number of rotatable bonds is 6. The van der Waals surface area contributed by atoms with Gasteiger partial charge in [0.25, 0.3) is 25.8 Å². The quantitative estimate of drug-likeness (QED) is 0.402. The number of alkyl halides is 3. The highest BCUT2D eigenvalue weighted by Gasteiger charge is 2.70. The van der Waals surface area contributed by atoms with Crippen molar-refractivity contribution in [3.05, 3.63) is 71.9 Å². The van der Waals surface area contributed by atoms with E-state index in [4.69, 9.17) is 11.6 Å². The molecular formula is C24H18ClF3N4O6S2. The summed E-state index contributed by atoms with van der Waals surface area (Å²) in [6.07, 6.45) is 1.51. The summed E-state index contributed by atoms with van der Waals surface area (Å²) < 4.78 is 90.1. The number of sulfone groups is 1. The van der Waals surface area contributed by atoms with E-state index in [1.54, 1.807) is 6.92 Å². The number of sulfonamides is 1. The van der Waals surface area contributed by atoms with Gasteiger partial charge in [0.2, 0.25) is 0 Å². The predicted molar refractivity (Wildman–Crippen MR) is 138 cm³/mol. The maximum Gasteiger partial charge on any atom is 0.501 e. The average molecular weight is 615 g/mol. The number of nitrogens with zero attached hydrogens (tertiary/aromatic N) is 3. The number of urea groups is 1. The van der Waals surface area contributed by atoms with Crippen molar-refractivity contribution >= 4 is 60.6 Å². The number of hydrogen-bond donors (Lipinski definition) is 1. The second kappa shape index (κ2) is 9.17. The fourth-order valence-electron chi connectivity index (χ4n) is 4.57. The number of pyridine rings is 1. The lowest BCUT2D eigenvalue weighted by Gasteiger charge is -2.22. The van der Waals surface area contributed by atoms with Gasteiger partial charge < -0.3 is 0 Å². The standard InChI is InChI=1S/C24H18ClF3N4O6S2/c1-14-13-23(14)21(33)31(16-4-8-18(9-5-16)39(35,36)24(26,27)28)22(34)32(23)17-10-11-29-20(12-17)30-40(37,38)19-6-2-15(25)3-7-19/h2-12,14H,13H2,1H3,(H,29,30). The normalized spacial score (nSPS) is 21.3. The summed E-state index contributed by atoms with van der Waals surface area (Å²) in [5, 5.41) is 0.335. The van der Waals surface area contributed by atoms with Crippen LogP contribution in [0.3, 0.4) is 0 Å². The van der Waals surface area contributed by atoms with Crippen LogP contribution in [0, 0.1) is 5.92 Å². The van der Waals surface area contributed by atoms with E-state index in [0.717, 1.165) is 17.0 Å². The van der Waals surface area contributed by atoms with Crippen LogP contribution < -0.4 is 14.5 Å². The molecule has 10 nitrogen and oxygen atoms in total. The predicted octanol–water partition coefficient (Wildman–Crippen LogP) is 4.58. The van der Waals surface area contributed by atoms with Gasteiger partial charge in [0.15, 0.2) is 0 Å². The first kappa shape index (κ1) is 27.9. The molecular weight excluding hydrogens is 597 g/mol. The van der Waals surface area contributed by atoms with Gasteiger partial charge in [-0.2, -0.15) is 13.2 Å². The highest BCUT2D eigenvalue weighted by molar-refractivity contribution is 7.92. The Kier molecular flexibility index (Phi) is 6.39. The Morgan fingerprint density at radius 3 is 2.08 bits per heavy atom. The first-order valence-electron chi connectivity index (χ1n) is 11.4. The molecule has 1 spiro atoms. The van der Waals surface area contributed by atoms with Crippen molar-refractivity contribution in [3.8, 4) is 0 Å². The zero-order chi connectivity index (χ0) is 29.3. The SMILES string of the molecule is CC1CC12C(=O)N(c1ccc(S(=O)(=O)C(F)(F)F)cc1)C(=O)N2c1ccnc(NS(=O)(=O)c2ccc(Cl)cc2)c1. The van der Waals surface area contributed by atoms with Crippen LogP contribution in [0.15, 0.2) is 76.7 Å². The molecule has 0 radical (unpaired) electrons. The summed E-state index contributed by atoms with van der Waals surface area (Å²) in [4.78, 5) is 31.9. The van der Waals surface area contributed by atoms with Gasteiger partial charge in [-0.05, 0) is 66.9 Å². The van der Waals surface area contributed by atoms with Crippen LogP contribution in [-0.2, 0) is 24.7 Å². The number of aromatic nitrogens is 1. The van der Waals surface area contributed by atoms with E-state index in [2.05, 4.69) is 9.71 Å². The lowest BCUT2D eigenvalue weighted by molar-refractivity contribution is -0.119. The zero-order valence-electron chi connectivity index (χ0n) is 20.3. The molecule has 1 saturated heterocycles. The molecule has 210 valence electrons. The van der Waals surface area contributed by atoms with Gasteiger partial charge in [0.05, 0.1) is 21.2 Å². The van der Waals surface area contributed by atoms with Gasteiger partial charge in [-0.3, -0.25) is 14.4 Å². The van der Waals surface area contributed by atoms with Gasteiger partial charge in [-0.15, -0.1) is 0 Å². The Bertz CT molecular complexity index is 1750. The van der Waals surface area contributed by atoms with Crippen molar-refractivity contribution in [2.24, 2.45) is 5.92 Å². The number of amides is 3. The van der Waals surface area contributed by atoms with Crippen molar-refractivity contribution < 1.29 is 39.6 Å². The summed E-state index contributed by atoms with van der Waals surface area (Å²) in [5.74, 6) is -1.10. The second-order valence-corrected chi connectivity index (χ2v) is 13.2. The van der Waals surface area contributed by atoms with Gasteiger partial charge in [-0.25, -0.2) is 31.5 Å². The van der Waals surface area contributed by atoms with Crippen molar-refractivity contribution in [2.75, 3.05) is 14.5 Å². The fourth-order valence-corrected chi connectivity index (χ4v) is 6.45. The summed E-state index contributed by atoms with van der Waals surface area (Å²) >= 11 is 5.82. The Hall–Kier alpha value is -3.69. The molecule has 3 amide bonds. The van der Waals surface area contributed by atoms with E-state index in [-0.39, 0.29) is 34.4 Å². The monoisotopic (exact) mass is 614 g/mol. The second-order valence-electron chi connectivity index (χ2n) is 9.19. The Morgan fingerprint density at radius 1 is 0.950 bits per heavy atom. The minimum atomic E-state index is -5.63. The van der Waals surface area contributed by atoms with Crippen molar-refractivity contribution in [1.29, 1.82) is 0 Å². The van der Waals surface area contributed by atoms with Gasteiger partial charge in [0, 0.05) is 17.3 Å². The largest absolute Gasteiger partial charge is 0.501 e. The van der Waals surface area contributed by atoms with E-state index in [9.17, 15) is 39.6 Å². The molecule has 2 heterocycles. The number of benzene rings is 2. The summed E-state index contributed by atoms with van der Waals surface area (Å²) in [5.41, 5.74) is -6.83. The molecule has 1 saturated carbocycles. The lowest BCUT2D eigenvalue weighted by Crippen LogP contribution is -2.39. The summed E-state index contributed by atoms with van der Waals surface area (Å²) in [6.45, 7) is 1.73. The van der Waals surface area contributed by atoms with Crippen LogP contribution in [-0.4, -0.2) is 44.8 Å². The molecule has 2 fully saturated rings. The highest BCUT2D eigenvalue weighted by Crippen LogP contribution is 2.55. The van der Waals surface area contributed by atoms with E-state index in [1.165, 1.54) is 47.5 Å². The maximum absolute atomic E-state index is 13.6. The molecule has 5 rings (SSSR count). The zero-order valence-corrected chi connectivity index (χ0v) is 22.6. The van der Waals surface area contributed by atoms with E-state index < -0.39 is 47.7 Å². The topological polar surface area (TPSA) is 134 Å². The van der Waals surface area contributed by atoms with E-state index in [1.807, 2.05) is 0 Å². The number of anilines is 3.